The van der Waals surface area contributed by atoms with Gasteiger partial charge in [0.15, 0.2) is 0 Å². The quantitative estimate of drug-likeness (QED) is 0.713. The number of halogens is 2. The van der Waals surface area contributed by atoms with E-state index in [0.717, 1.165) is 32.4 Å². The predicted octanol–water partition coefficient (Wildman–Crippen LogP) is 2.89. The van der Waals surface area contributed by atoms with Crippen LogP contribution in [0.3, 0.4) is 0 Å². The monoisotopic (exact) mass is 449 g/mol. The normalized spacial score (nSPS) is 12.9. The molecule has 0 bridgehead atoms. The Hall–Kier alpha value is -0.440. The Bertz CT molecular complexity index is 568. The van der Waals surface area contributed by atoms with Crippen molar-refractivity contribution < 1.29 is 5.11 Å². The second kappa shape index (κ2) is 7.02. The number of aromatic nitrogens is 2. The number of aliphatic hydroxyl groups excluding tert-OH is 1. The molecule has 1 aromatic carbocycles. The van der Waals surface area contributed by atoms with Gasteiger partial charge in [-0.25, -0.2) is 0 Å². The van der Waals surface area contributed by atoms with Crippen molar-refractivity contribution in [2.75, 3.05) is 20.6 Å². The molecule has 0 radical (unpaired) electrons. The SMILES string of the molecule is CN(C)CCn1ncc(Br)c1C(O)c1ccc(I)cc1. The Morgan fingerprint density at radius 3 is 2.60 bits per heavy atom. The van der Waals surface area contributed by atoms with E-state index in [2.05, 4.69) is 48.5 Å². The van der Waals surface area contributed by atoms with Gasteiger partial charge in [-0.3, -0.25) is 4.68 Å². The highest BCUT2D eigenvalue weighted by Gasteiger charge is 2.19. The van der Waals surface area contributed by atoms with Gasteiger partial charge in [-0.1, -0.05) is 12.1 Å². The lowest BCUT2D eigenvalue weighted by molar-refractivity contribution is 0.205. The van der Waals surface area contributed by atoms with Crippen molar-refractivity contribution in [3.8, 4) is 0 Å². The van der Waals surface area contributed by atoms with Crippen LogP contribution in [0, 0.1) is 3.57 Å². The summed E-state index contributed by atoms with van der Waals surface area (Å²) in [4.78, 5) is 2.09. The molecule has 2 aromatic rings. The third-order valence-electron chi connectivity index (χ3n) is 3.04. The van der Waals surface area contributed by atoms with Crippen molar-refractivity contribution in [3.63, 3.8) is 0 Å². The van der Waals surface area contributed by atoms with Gasteiger partial charge >= 0.3 is 0 Å². The summed E-state index contributed by atoms with van der Waals surface area (Å²) in [5, 5.41) is 14.9. The topological polar surface area (TPSA) is 41.3 Å². The second-order valence-electron chi connectivity index (χ2n) is 4.86. The zero-order valence-corrected chi connectivity index (χ0v) is 15.2. The average molecular weight is 450 g/mol. The summed E-state index contributed by atoms with van der Waals surface area (Å²) in [7, 11) is 4.04. The molecule has 1 N–H and O–H groups in total. The van der Waals surface area contributed by atoms with Crippen molar-refractivity contribution in [1.82, 2.24) is 14.7 Å². The summed E-state index contributed by atoms with van der Waals surface area (Å²) in [6.07, 6.45) is 1.06. The minimum absolute atomic E-state index is 0.675. The van der Waals surface area contributed by atoms with Crippen LogP contribution in [0.15, 0.2) is 34.9 Å². The van der Waals surface area contributed by atoms with Gasteiger partial charge in [0.05, 0.1) is 22.9 Å². The van der Waals surface area contributed by atoms with Crippen LogP contribution in [0.5, 0.6) is 0 Å². The first kappa shape index (κ1) is 15.9. The second-order valence-corrected chi connectivity index (χ2v) is 6.96. The summed E-state index contributed by atoms with van der Waals surface area (Å²) >= 11 is 5.73. The van der Waals surface area contributed by atoms with Gasteiger partial charge in [0.2, 0.25) is 0 Å². The van der Waals surface area contributed by atoms with E-state index in [1.54, 1.807) is 6.20 Å². The van der Waals surface area contributed by atoms with Gasteiger partial charge in [0.25, 0.3) is 0 Å². The number of rotatable bonds is 5. The highest BCUT2D eigenvalue weighted by Crippen LogP contribution is 2.28. The lowest BCUT2D eigenvalue weighted by Gasteiger charge is -2.16. The maximum atomic E-state index is 10.6. The lowest BCUT2D eigenvalue weighted by atomic mass is 10.1. The fourth-order valence-corrected chi connectivity index (χ4v) is 2.79. The molecule has 2 rings (SSSR count). The van der Waals surface area contributed by atoms with Crippen molar-refractivity contribution in [3.05, 3.63) is 49.8 Å². The summed E-state index contributed by atoms with van der Waals surface area (Å²) in [5.74, 6) is 0. The average Bonchev–Trinajstić information content (AvgIpc) is 2.77. The molecule has 6 heteroatoms. The third-order valence-corrected chi connectivity index (χ3v) is 4.37. The molecule has 0 saturated carbocycles. The fourth-order valence-electron chi connectivity index (χ4n) is 1.92. The molecule has 0 saturated heterocycles. The van der Waals surface area contributed by atoms with Gasteiger partial charge < -0.3 is 10.0 Å². The van der Waals surface area contributed by atoms with Crippen LogP contribution >= 0.6 is 38.5 Å². The summed E-state index contributed by atoms with van der Waals surface area (Å²) in [5.41, 5.74) is 1.67. The van der Waals surface area contributed by atoms with E-state index in [1.807, 2.05) is 43.0 Å². The molecule has 0 aliphatic rings. The lowest BCUT2D eigenvalue weighted by Crippen LogP contribution is -2.21. The molecule has 0 fully saturated rings. The molecule has 0 aliphatic carbocycles. The van der Waals surface area contributed by atoms with Gasteiger partial charge in [0, 0.05) is 10.1 Å². The third kappa shape index (κ3) is 3.81. The van der Waals surface area contributed by atoms with Crippen LogP contribution in [0.4, 0.5) is 0 Å². The Labute approximate surface area is 141 Å². The first-order valence-corrected chi connectivity index (χ1v) is 8.15. The Morgan fingerprint density at radius 1 is 1.35 bits per heavy atom. The summed E-state index contributed by atoms with van der Waals surface area (Å²) in [6, 6.07) is 7.88. The van der Waals surface area contributed by atoms with Gasteiger partial charge in [-0.15, -0.1) is 0 Å². The zero-order chi connectivity index (χ0) is 14.7. The molecule has 0 aliphatic heterocycles. The minimum Gasteiger partial charge on any atom is -0.382 e. The summed E-state index contributed by atoms with van der Waals surface area (Å²) < 4.78 is 3.84. The van der Waals surface area contributed by atoms with E-state index >= 15 is 0 Å². The maximum Gasteiger partial charge on any atom is 0.122 e. The first-order chi connectivity index (χ1) is 9.49. The van der Waals surface area contributed by atoms with Crippen LogP contribution in [0.2, 0.25) is 0 Å². The first-order valence-electron chi connectivity index (χ1n) is 6.28. The van der Waals surface area contributed by atoms with Crippen LogP contribution in [0.25, 0.3) is 0 Å². The van der Waals surface area contributed by atoms with Crippen LogP contribution in [0.1, 0.15) is 17.4 Å². The standard InChI is InChI=1S/C14H17BrIN3O/c1-18(2)7-8-19-13(12(15)9-17-19)14(20)10-3-5-11(16)6-4-10/h3-6,9,14,20H,7-8H2,1-2H3. The van der Waals surface area contributed by atoms with Crippen molar-refractivity contribution in [2.24, 2.45) is 0 Å². The van der Waals surface area contributed by atoms with Crippen molar-refractivity contribution in [1.29, 1.82) is 0 Å². The molecular formula is C14H17BrIN3O. The van der Waals surface area contributed by atoms with Crippen molar-refractivity contribution >= 4 is 38.5 Å². The fraction of sp³-hybridized carbons (Fsp3) is 0.357. The Kier molecular flexibility index (Phi) is 5.59. The van der Waals surface area contributed by atoms with E-state index < -0.39 is 6.10 Å². The zero-order valence-electron chi connectivity index (χ0n) is 11.4. The smallest absolute Gasteiger partial charge is 0.122 e. The number of hydrogen-bond donors (Lipinski definition) is 1. The predicted molar refractivity (Wildman–Crippen MR) is 91.7 cm³/mol. The van der Waals surface area contributed by atoms with E-state index in [-0.39, 0.29) is 0 Å². The van der Waals surface area contributed by atoms with Crippen LogP contribution in [-0.2, 0) is 6.54 Å². The van der Waals surface area contributed by atoms with E-state index in [1.165, 1.54) is 0 Å². The highest BCUT2D eigenvalue weighted by molar-refractivity contribution is 14.1. The molecule has 1 unspecified atom stereocenters. The number of benzene rings is 1. The van der Waals surface area contributed by atoms with Crippen LogP contribution < -0.4 is 0 Å². The van der Waals surface area contributed by atoms with E-state index in [0.29, 0.717) is 0 Å². The molecule has 1 aromatic heterocycles. The molecule has 0 amide bonds. The number of aliphatic hydroxyl groups is 1. The largest absolute Gasteiger partial charge is 0.382 e. The Morgan fingerprint density at radius 2 is 2.00 bits per heavy atom. The summed E-state index contributed by atoms with van der Waals surface area (Å²) in [6.45, 7) is 1.62. The number of likely N-dealkylation sites (N-methyl/N-ethyl adjacent to an activating group) is 1. The Balaban J connectivity index is 2.26. The molecule has 1 atom stereocenters. The highest BCUT2D eigenvalue weighted by atomic mass is 127. The van der Waals surface area contributed by atoms with Gasteiger partial charge in [0.1, 0.15) is 6.10 Å². The molecule has 1 heterocycles. The van der Waals surface area contributed by atoms with Gasteiger partial charge in [-0.2, -0.15) is 5.10 Å². The maximum absolute atomic E-state index is 10.6. The molecule has 4 nitrogen and oxygen atoms in total. The van der Waals surface area contributed by atoms with Crippen LogP contribution in [-0.4, -0.2) is 40.4 Å². The molecule has 20 heavy (non-hydrogen) atoms. The molecule has 0 spiro atoms. The molecule has 108 valence electrons. The van der Waals surface area contributed by atoms with Gasteiger partial charge in [-0.05, 0) is 70.3 Å². The minimum atomic E-state index is -0.675. The number of nitrogens with zero attached hydrogens (tertiary/aromatic N) is 3. The van der Waals surface area contributed by atoms with E-state index in [4.69, 9.17) is 0 Å². The number of hydrogen-bond acceptors (Lipinski definition) is 3. The molecular weight excluding hydrogens is 433 g/mol. The van der Waals surface area contributed by atoms with E-state index in [9.17, 15) is 5.11 Å². The van der Waals surface area contributed by atoms with Crippen molar-refractivity contribution in [2.45, 2.75) is 12.6 Å².